The minimum atomic E-state index is 0.772. The second-order valence-electron chi connectivity index (χ2n) is 12.4. The molecule has 0 aliphatic heterocycles. The molecule has 0 saturated carbocycles. The van der Waals surface area contributed by atoms with Crippen LogP contribution in [0.3, 0.4) is 0 Å². The predicted molar refractivity (Wildman–Crippen MR) is 208 cm³/mol. The van der Waals surface area contributed by atoms with E-state index in [1.54, 1.807) is 6.20 Å². The van der Waals surface area contributed by atoms with Crippen molar-refractivity contribution in [3.05, 3.63) is 194 Å². The highest BCUT2D eigenvalue weighted by atomic mass is 16.3. The van der Waals surface area contributed by atoms with Crippen LogP contribution in [-0.2, 0) is 0 Å². The van der Waals surface area contributed by atoms with Crippen LogP contribution in [0, 0.1) is 0 Å². The first-order valence-corrected chi connectivity index (χ1v) is 16.9. The fourth-order valence-corrected chi connectivity index (χ4v) is 6.90. The minimum absolute atomic E-state index is 0.772. The van der Waals surface area contributed by atoms with E-state index in [1.807, 2.05) is 12.3 Å². The van der Waals surface area contributed by atoms with Crippen molar-refractivity contribution in [2.24, 2.45) is 0 Å². The number of furan rings is 1. The zero-order valence-electron chi connectivity index (χ0n) is 27.3. The zero-order valence-corrected chi connectivity index (χ0v) is 27.3. The number of pyridine rings is 1. The van der Waals surface area contributed by atoms with Gasteiger partial charge in [-0.3, -0.25) is 4.98 Å². The molecular formula is C47H32N2O. The number of aromatic nitrogens is 1. The van der Waals surface area contributed by atoms with Crippen molar-refractivity contribution >= 4 is 39.0 Å². The Morgan fingerprint density at radius 1 is 0.380 bits per heavy atom. The Morgan fingerprint density at radius 2 is 0.880 bits per heavy atom. The van der Waals surface area contributed by atoms with Crippen LogP contribution in [0.15, 0.2) is 199 Å². The lowest BCUT2D eigenvalue weighted by atomic mass is 9.97. The number of nitrogens with zero attached hydrogens (tertiary/aromatic N) is 2. The van der Waals surface area contributed by atoms with Crippen molar-refractivity contribution in [1.29, 1.82) is 0 Å². The van der Waals surface area contributed by atoms with Gasteiger partial charge in [0.05, 0.1) is 17.6 Å². The van der Waals surface area contributed by atoms with E-state index < -0.39 is 0 Å². The van der Waals surface area contributed by atoms with Gasteiger partial charge < -0.3 is 9.32 Å². The summed E-state index contributed by atoms with van der Waals surface area (Å²) in [5.74, 6) is 0. The van der Waals surface area contributed by atoms with Gasteiger partial charge in [-0.25, -0.2) is 0 Å². The minimum Gasteiger partial charge on any atom is -0.452 e. The van der Waals surface area contributed by atoms with Crippen LogP contribution in [0.25, 0.3) is 66.4 Å². The molecule has 0 bridgehead atoms. The van der Waals surface area contributed by atoms with Crippen LogP contribution in [0.5, 0.6) is 0 Å². The molecule has 0 amide bonds. The second-order valence-corrected chi connectivity index (χ2v) is 12.4. The molecule has 3 heteroatoms. The van der Waals surface area contributed by atoms with E-state index in [1.165, 1.54) is 27.8 Å². The SMILES string of the molecule is c1ccc(-c2ccc(-c3ccc(N(c4ccccc4-c4ccc(-c5ccccc5)cc4)c4cccc5c4oc4cnccc45)cc3)cc2)cc1. The van der Waals surface area contributed by atoms with Gasteiger partial charge in [0.1, 0.15) is 0 Å². The molecule has 3 nitrogen and oxygen atoms in total. The molecule has 0 unspecified atom stereocenters. The van der Waals surface area contributed by atoms with Gasteiger partial charge in [0, 0.05) is 28.2 Å². The molecule has 50 heavy (non-hydrogen) atoms. The fourth-order valence-electron chi connectivity index (χ4n) is 6.90. The largest absolute Gasteiger partial charge is 0.452 e. The topological polar surface area (TPSA) is 29.3 Å². The molecule has 7 aromatic carbocycles. The number of hydrogen-bond donors (Lipinski definition) is 0. The number of para-hydroxylation sites is 2. The first-order chi connectivity index (χ1) is 24.8. The number of hydrogen-bond acceptors (Lipinski definition) is 3. The van der Waals surface area contributed by atoms with Gasteiger partial charge in [-0.2, -0.15) is 0 Å². The molecule has 0 spiro atoms. The third-order valence-corrected chi connectivity index (χ3v) is 9.42. The van der Waals surface area contributed by atoms with Crippen LogP contribution in [0.4, 0.5) is 17.1 Å². The summed E-state index contributed by atoms with van der Waals surface area (Å²) in [6.07, 6.45) is 3.62. The molecule has 0 radical (unpaired) electrons. The first-order valence-electron chi connectivity index (χ1n) is 16.9. The molecule has 0 saturated heterocycles. The molecule has 9 rings (SSSR count). The summed E-state index contributed by atoms with van der Waals surface area (Å²) in [5.41, 5.74) is 14.1. The zero-order chi connectivity index (χ0) is 33.3. The molecule has 2 heterocycles. The summed E-state index contributed by atoms with van der Waals surface area (Å²) >= 11 is 0. The van der Waals surface area contributed by atoms with Gasteiger partial charge in [0.15, 0.2) is 11.2 Å². The van der Waals surface area contributed by atoms with Crippen LogP contribution in [-0.4, -0.2) is 4.98 Å². The average Bonchev–Trinajstić information content (AvgIpc) is 3.59. The number of benzene rings is 7. The highest BCUT2D eigenvalue weighted by Crippen LogP contribution is 2.45. The van der Waals surface area contributed by atoms with Crippen LogP contribution in [0.2, 0.25) is 0 Å². The van der Waals surface area contributed by atoms with Gasteiger partial charge in [0.2, 0.25) is 0 Å². The molecular weight excluding hydrogens is 609 g/mol. The van der Waals surface area contributed by atoms with Gasteiger partial charge in [0.25, 0.3) is 0 Å². The summed E-state index contributed by atoms with van der Waals surface area (Å²) in [6, 6.07) is 64.5. The maximum atomic E-state index is 6.55. The van der Waals surface area contributed by atoms with Crippen molar-refractivity contribution in [1.82, 2.24) is 4.98 Å². The van der Waals surface area contributed by atoms with E-state index in [0.717, 1.165) is 55.7 Å². The normalized spacial score (nSPS) is 11.2. The molecule has 0 aliphatic carbocycles. The maximum Gasteiger partial charge on any atom is 0.159 e. The first kappa shape index (κ1) is 29.4. The van der Waals surface area contributed by atoms with Crippen molar-refractivity contribution in [3.63, 3.8) is 0 Å². The summed E-state index contributed by atoms with van der Waals surface area (Å²) in [6.45, 7) is 0. The second kappa shape index (κ2) is 12.7. The highest BCUT2D eigenvalue weighted by molar-refractivity contribution is 6.10. The van der Waals surface area contributed by atoms with Crippen LogP contribution < -0.4 is 4.90 Å². The number of anilines is 3. The molecule has 0 aliphatic rings. The van der Waals surface area contributed by atoms with E-state index in [0.29, 0.717) is 0 Å². The van der Waals surface area contributed by atoms with E-state index in [4.69, 9.17) is 4.42 Å². The van der Waals surface area contributed by atoms with Gasteiger partial charge in [-0.15, -0.1) is 0 Å². The lowest BCUT2D eigenvalue weighted by Crippen LogP contribution is -2.11. The number of rotatable bonds is 7. The summed E-state index contributed by atoms with van der Waals surface area (Å²) in [5, 5.41) is 2.11. The molecule has 2 aromatic heterocycles. The van der Waals surface area contributed by atoms with E-state index in [9.17, 15) is 0 Å². The van der Waals surface area contributed by atoms with Gasteiger partial charge in [-0.1, -0.05) is 152 Å². The highest BCUT2D eigenvalue weighted by Gasteiger charge is 2.22. The summed E-state index contributed by atoms with van der Waals surface area (Å²) < 4.78 is 6.55. The summed E-state index contributed by atoms with van der Waals surface area (Å²) in [4.78, 5) is 6.66. The Balaban J connectivity index is 1.16. The van der Waals surface area contributed by atoms with Crippen molar-refractivity contribution in [3.8, 4) is 44.5 Å². The predicted octanol–water partition coefficient (Wildman–Crippen LogP) is 13.1. The molecule has 0 atom stereocenters. The summed E-state index contributed by atoms with van der Waals surface area (Å²) in [7, 11) is 0. The Morgan fingerprint density at radius 3 is 1.50 bits per heavy atom. The van der Waals surface area contributed by atoms with Crippen molar-refractivity contribution in [2.45, 2.75) is 0 Å². The third-order valence-electron chi connectivity index (χ3n) is 9.42. The van der Waals surface area contributed by atoms with E-state index in [2.05, 4.69) is 186 Å². The van der Waals surface area contributed by atoms with Gasteiger partial charge >= 0.3 is 0 Å². The Hall–Kier alpha value is -6.71. The van der Waals surface area contributed by atoms with E-state index >= 15 is 0 Å². The lowest BCUT2D eigenvalue weighted by molar-refractivity contribution is 0.667. The molecule has 0 N–H and O–H groups in total. The lowest BCUT2D eigenvalue weighted by Gasteiger charge is -2.28. The van der Waals surface area contributed by atoms with Crippen LogP contribution >= 0.6 is 0 Å². The van der Waals surface area contributed by atoms with E-state index in [-0.39, 0.29) is 0 Å². The Bertz CT molecular complexity index is 2550. The Kier molecular flexibility index (Phi) is 7.49. The number of fused-ring (bicyclic) bond motifs is 3. The standard InChI is InChI=1S/C47H32N2O/c1-3-10-33(11-4-1)35-18-20-37(21-19-35)38-26-28-40(29-27-38)49(45-17-9-15-43-42-30-31-48-32-46(42)50-47(43)45)44-16-8-7-14-41(44)39-24-22-36(23-25-39)34-12-5-2-6-13-34/h1-32H. The van der Waals surface area contributed by atoms with Crippen LogP contribution in [0.1, 0.15) is 0 Å². The fraction of sp³-hybridized carbons (Fsp3) is 0. The molecule has 9 aromatic rings. The van der Waals surface area contributed by atoms with Crippen molar-refractivity contribution in [2.75, 3.05) is 4.90 Å². The smallest absolute Gasteiger partial charge is 0.159 e. The maximum absolute atomic E-state index is 6.55. The Labute approximate surface area is 291 Å². The quantitative estimate of drug-likeness (QED) is 0.174. The average molecular weight is 641 g/mol. The third kappa shape index (κ3) is 5.41. The van der Waals surface area contributed by atoms with Crippen molar-refractivity contribution < 1.29 is 4.42 Å². The monoisotopic (exact) mass is 640 g/mol. The molecule has 0 fully saturated rings. The van der Waals surface area contributed by atoms with Gasteiger partial charge in [-0.05, 0) is 69.3 Å². The molecule has 236 valence electrons.